The highest BCUT2D eigenvalue weighted by Crippen LogP contribution is 2.64. The molecule has 0 atom stereocenters. The summed E-state index contributed by atoms with van der Waals surface area (Å²) in [6.45, 7) is 9.53. The molecule has 1 heteroatoms. The minimum Gasteiger partial charge on any atom is -0.310 e. The zero-order valence-electron chi connectivity index (χ0n) is 31.7. The van der Waals surface area contributed by atoms with E-state index < -0.39 is 0 Å². The van der Waals surface area contributed by atoms with Gasteiger partial charge < -0.3 is 4.90 Å². The monoisotopic (exact) mass is 703 g/mol. The van der Waals surface area contributed by atoms with Crippen LogP contribution in [0.3, 0.4) is 0 Å². The Morgan fingerprint density at radius 2 is 0.782 bits per heavy atom. The molecule has 55 heavy (non-hydrogen) atoms. The summed E-state index contributed by atoms with van der Waals surface area (Å²) < 4.78 is 0. The van der Waals surface area contributed by atoms with E-state index in [-0.39, 0.29) is 16.2 Å². The van der Waals surface area contributed by atoms with Gasteiger partial charge in [-0.05, 0) is 132 Å². The molecule has 1 spiro atoms. The molecule has 7 aromatic carbocycles. The summed E-state index contributed by atoms with van der Waals surface area (Å²) in [4.78, 5) is 2.53. The molecular weight excluding hydrogens is 663 g/mol. The molecule has 0 N–H and O–H groups in total. The summed E-state index contributed by atoms with van der Waals surface area (Å²) in [5.41, 5.74) is 25.2. The number of hydrogen-bond acceptors (Lipinski definition) is 1. The van der Waals surface area contributed by atoms with Crippen LogP contribution in [0.15, 0.2) is 169 Å². The minimum atomic E-state index is -0.305. The summed E-state index contributed by atoms with van der Waals surface area (Å²) in [6.07, 6.45) is 5.75. The Morgan fingerprint density at radius 1 is 0.382 bits per heavy atom. The van der Waals surface area contributed by atoms with Gasteiger partial charge in [0.15, 0.2) is 0 Å². The number of fused-ring (bicyclic) bond motifs is 15. The van der Waals surface area contributed by atoms with Gasteiger partial charge in [0.25, 0.3) is 0 Å². The van der Waals surface area contributed by atoms with E-state index in [0.29, 0.717) is 0 Å². The number of nitrogens with zero attached hydrogens (tertiary/aromatic N) is 1. The fourth-order valence-electron chi connectivity index (χ4n) is 11.4. The van der Waals surface area contributed by atoms with Crippen LogP contribution in [0, 0.1) is 0 Å². The molecular formula is C54H41N. The van der Waals surface area contributed by atoms with Crippen LogP contribution >= 0.6 is 0 Å². The second-order valence-corrected chi connectivity index (χ2v) is 17.2. The van der Waals surface area contributed by atoms with Gasteiger partial charge in [0, 0.05) is 27.9 Å². The topological polar surface area (TPSA) is 3.24 Å². The van der Waals surface area contributed by atoms with Crippen LogP contribution in [0.1, 0.15) is 78.6 Å². The first kappa shape index (κ1) is 31.2. The van der Waals surface area contributed by atoms with Crippen molar-refractivity contribution in [1.29, 1.82) is 0 Å². The fourth-order valence-corrected chi connectivity index (χ4v) is 11.4. The third-order valence-electron chi connectivity index (χ3n) is 13.9. The van der Waals surface area contributed by atoms with Crippen molar-refractivity contribution in [2.24, 2.45) is 0 Å². The second kappa shape index (κ2) is 10.5. The smallest absolute Gasteiger partial charge is 0.0722 e. The Hall–Kier alpha value is -6.18. The van der Waals surface area contributed by atoms with Crippen LogP contribution in [0.5, 0.6) is 0 Å². The predicted molar refractivity (Wildman–Crippen MR) is 229 cm³/mol. The summed E-state index contributed by atoms with van der Waals surface area (Å²) in [7, 11) is 0. The van der Waals surface area contributed by atoms with Crippen LogP contribution in [-0.4, -0.2) is 0 Å². The Kier molecular flexibility index (Phi) is 5.97. The van der Waals surface area contributed by atoms with Gasteiger partial charge in [0.2, 0.25) is 0 Å². The lowest BCUT2D eigenvalue weighted by atomic mass is 9.70. The van der Waals surface area contributed by atoms with E-state index in [9.17, 15) is 0 Å². The first-order chi connectivity index (χ1) is 26.8. The van der Waals surface area contributed by atoms with Gasteiger partial charge in [-0.2, -0.15) is 0 Å². The van der Waals surface area contributed by atoms with Gasteiger partial charge in [-0.1, -0.05) is 155 Å². The third-order valence-corrected chi connectivity index (χ3v) is 13.9. The average Bonchev–Trinajstić information content (AvgIpc) is 3.98. The molecule has 0 aromatic heterocycles. The Bertz CT molecular complexity index is 2760. The number of allylic oxidation sites excluding steroid dienone is 4. The van der Waals surface area contributed by atoms with Gasteiger partial charge in [0.1, 0.15) is 0 Å². The summed E-state index contributed by atoms with van der Waals surface area (Å²) in [5.74, 6) is 0. The molecule has 0 radical (unpaired) electrons. The van der Waals surface area contributed by atoms with Crippen LogP contribution in [0.2, 0.25) is 0 Å². The average molecular weight is 704 g/mol. The van der Waals surface area contributed by atoms with E-state index in [1.165, 1.54) is 106 Å². The summed E-state index contributed by atoms with van der Waals surface area (Å²) >= 11 is 0. The van der Waals surface area contributed by atoms with E-state index >= 15 is 0 Å². The molecule has 0 heterocycles. The van der Waals surface area contributed by atoms with Crippen LogP contribution in [0.4, 0.5) is 17.1 Å². The molecule has 262 valence electrons. The molecule has 0 unspecified atom stereocenters. The lowest BCUT2D eigenvalue weighted by Crippen LogP contribution is -2.26. The molecule has 0 amide bonds. The molecule has 0 bridgehead atoms. The normalized spacial score (nSPS) is 17.3. The molecule has 5 aliphatic carbocycles. The van der Waals surface area contributed by atoms with Crippen LogP contribution in [-0.2, 0) is 16.2 Å². The van der Waals surface area contributed by atoms with Crippen molar-refractivity contribution >= 4 is 22.6 Å². The number of rotatable bonds is 3. The third kappa shape index (κ3) is 3.79. The quantitative estimate of drug-likeness (QED) is 0.177. The van der Waals surface area contributed by atoms with Crippen molar-refractivity contribution < 1.29 is 0 Å². The largest absolute Gasteiger partial charge is 0.310 e. The van der Waals surface area contributed by atoms with Crippen molar-refractivity contribution in [3.05, 3.63) is 214 Å². The lowest BCUT2D eigenvalue weighted by Gasteiger charge is -2.32. The number of hydrogen-bond donors (Lipinski definition) is 0. The summed E-state index contributed by atoms with van der Waals surface area (Å²) in [6, 6.07) is 57.9. The van der Waals surface area contributed by atoms with Gasteiger partial charge in [-0.3, -0.25) is 0 Å². The predicted octanol–water partition coefficient (Wildman–Crippen LogP) is 13.8. The Labute approximate surface area is 324 Å². The SMILES string of the molecule is CC1(C)c2ccccc2-c2ccc(N(c3ccc4c(c3)C3=C(C=CC3)C43c4ccccc4-c4ccccc43)c3ccc4c(c3)C(C)(C)c3ccccc3-4)cc21. The van der Waals surface area contributed by atoms with E-state index in [2.05, 4.69) is 196 Å². The van der Waals surface area contributed by atoms with E-state index in [1.807, 2.05) is 0 Å². The van der Waals surface area contributed by atoms with Gasteiger partial charge in [-0.25, -0.2) is 0 Å². The molecule has 7 aromatic rings. The Balaban J connectivity index is 1.09. The highest BCUT2D eigenvalue weighted by molar-refractivity contribution is 5.98. The van der Waals surface area contributed by atoms with Crippen molar-refractivity contribution in [2.75, 3.05) is 4.90 Å². The molecule has 0 saturated carbocycles. The van der Waals surface area contributed by atoms with Crippen LogP contribution < -0.4 is 4.90 Å². The zero-order valence-corrected chi connectivity index (χ0v) is 31.7. The number of benzene rings is 7. The van der Waals surface area contributed by atoms with Crippen molar-refractivity contribution in [1.82, 2.24) is 0 Å². The fraction of sp³-hybridized carbons (Fsp3) is 0.148. The van der Waals surface area contributed by atoms with E-state index in [4.69, 9.17) is 0 Å². The van der Waals surface area contributed by atoms with Gasteiger partial charge >= 0.3 is 0 Å². The first-order valence-corrected chi connectivity index (χ1v) is 19.8. The molecule has 0 aliphatic heterocycles. The van der Waals surface area contributed by atoms with Crippen molar-refractivity contribution in [3.63, 3.8) is 0 Å². The lowest BCUT2D eigenvalue weighted by molar-refractivity contribution is 0.660. The maximum atomic E-state index is 2.53. The standard InChI is InChI=1S/C54H41N/c1-52(2)44-19-9-5-14-36(44)41-27-24-34(31-50(41)52)55(35-25-28-42-37-15-6-10-20-45(37)53(3,4)51(42)32-35)33-26-29-49-43(30-33)40-18-13-23-48(40)54(49)46-21-11-7-16-38(46)39-17-8-12-22-47(39)54/h5-17,19-32H,18H2,1-4H3. The molecule has 5 aliphatic rings. The number of anilines is 3. The van der Waals surface area contributed by atoms with Crippen molar-refractivity contribution in [3.8, 4) is 33.4 Å². The molecule has 0 fully saturated rings. The molecule has 0 saturated heterocycles. The second-order valence-electron chi connectivity index (χ2n) is 17.2. The maximum Gasteiger partial charge on any atom is 0.0722 e. The Morgan fingerprint density at radius 3 is 1.31 bits per heavy atom. The maximum absolute atomic E-state index is 2.53. The van der Waals surface area contributed by atoms with Gasteiger partial charge in [-0.15, -0.1) is 0 Å². The highest BCUT2D eigenvalue weighted by Gasteiger charge is 2.53. The molecule has 12 rings (SSSR count). The van der Waals surface area contributed by atoms with E-state index in [0.717, 1.165) is 6.42 Å². The van der Waals surface area contributed by atoms with Gasteiger partial charge in [0.05, 0.1) is 5.41 Å². The van der Waals surface area contributed by atoms with Crippen LogP contribution in [0.25, 0.3) is 39.0 Å². The molecule has 1 nitrogen and oxygen atoms in total. The highest BCUT2D eigenvalue weighted by atomic mass is 15.1. The summed E-state index contributed by atoms with van der Waals surface area (Å²) in [5, 5.41) is 0. The van der Waals surface area contributed by atoms with E-state index in [1.54, 1.807) is 0 Å². The minimum absolute atomic E-state index is 0.0992. The zero-order chi connectivity index (χ0) is 36.8. The first-order valence-electron chi connectivity index (χ1n) is 19.8. The van der Waals surface area contributed by atoms with Crippen molar-refractivity contribution in [2.45, 2.75) is 50.4 Å².